The molecule has 10 nitrogen and oxygen atoms in total. The van der Waals surface area contributed by atoms with Gasteiger partial charge in [-0.1, -0.05) is 6.07 Å². The molecule has 0 aromatic carbocycles. The van der Waals surface area contributed by atoms with Crippen LogP contribution in [-0.4, -0.2) is 43.9 Å². The van der Waals surface area contributed by atoms with Crippen molar-refractivity contribution in [3.05, 3.63) is 79.1 Å². The molecule has 0 amide bonds. The van der Waals surface area contributed by atoms with Crippen LogP contribution < -0.4 is 5.32 Å². The highest BCUT2D eigenvalue weighted by molar-refractivity contribution is 5.84. The van der Waals surface area contributed by atoms with Crippen LogP contribution in [0.3, 0.4) is 0 Å². The van der Waals surface area contributed by atoms with E-state index in [4.69, 9.17) is 10.1 Å². The summed E-state index contributed by atoms with van der Waals surface area (Å²) in [5, 5.41) is 12.7. The second-order valence-corrected chi connectivity index (χ2v) is 8.25. The summed E-state index contributed by atoms with van der Waals surface area (Å²) in [6.45, 7) is 2.05. The molecule has 0 bridgehead atoms. The van der Waals surface area contributed by atoms with Gasteiger partial charge in [-0.3, -0.25) is 9.67 Å². The zero-order valence-corrected chi connectivity index (χ0v) is 19.5. The smallest absolute Gasteiger partial charge is 0.218 e. The minimum absolute atomic E-state index is 0.500. The lowest BCUT2D eigenvalue weighted by molar-refractivity contribution is 0.770. The van der Waals surface area contributed by atoms with E-state index in [9.17, 15) is 0 Å². The summed E-state index contributed by atoms with van der Waals surface area (Å²) in [7, 11) is 3.82. The highest BCUT2D eigenvalue weighted by Crippen LogP contribution is 2.32. The van der Waals surface area contributed by atoms with Crippen LogP contribution in [0.5, 0.6) is 0 Å². The molecule has 0 aliphatic heterocycles. The van der Waals surface area contributed by atoms with E-state index in [1.807, 2.05) is 85.1 Å². The van der Waals surface area contributed by atoms with E-state index in [0.29, 0.717) is 23.3 Å². The number of anilines is 2. The van der Waals surface area contributed by atoms with Gasteiger partial charge in [0.1, 0.15) is 11.3 Å². The minimum Gasteiger partial charge on any atom is -0.331 e. The number of rotatable bonds is 5. The van der Waals surface area contributed by atoms with Gasteiger partial charge >= 0.3 is 0 Å². The van der Waals surface area contributed by atoms with Gasteiger partial charge in [0, 0.05) is 62.4 Å². The Bertz CT molecular complexity index is 1640. The van der Waals surface area contributed by atoms with Crippen molar-refractivity contribution in [2.24, 2.45) is 14.1 Å². The van der Waals surface area contributed by atoms with E-state index >= 15 is 0 Å². The second kappa shape index (κ2) is 8.17. The molecule has 35 heavy (non-hydrogen) atoms. The van der Waals surface area contributed by atoms with Gasteiger partial charge in [-0.2, -0.15) is 5.10 Å². The van der Waals surface area contributed by atoms with Gasteiger partial charge in [-0.05, 0) is 42.8 Å². The number of imidazole rings is 1. The lowest BCUT2D eigenvalue weighted by atomic mass is 10.1. The second-order valence-electron chi connectivity index (χ2n) is 8.25. The van der Waals surface area contributed by atoms with Crippen LogP contribution in [0.15, 0.2) is 73.6 Å². The number of aromatic nitrogens is 9. The number of hydrogen-bond donors (Lipinski definition) is 1. The molecule has 0 fully saturated rings. The Labute approximate surface area is 201 Å². The molecule has 0 atom stereocenters. The Morgan fingerprint density at radius 1 is 0.857 bits per heavy atom. The first-order valence-electron chi connectivity index (χ1n) is 11.1. The normalized spacial score (nSPS) is 11.3. The van der Waals surface area contributed by atoms with Crippen molar-refractivity contribution in [3.63, 3.8) is 0 Å². The van der Waals surface area contributed by atoms with Crippen LogP contribution in [0.2, 0.25) is 0 Å². The summed E-state index contributed by atoms with van der Waals surface area (Å²) in [5.74, 6) is 2.46. The molecule has 0 saturated carbocycles. The van der Waals surface area contributed by atoms with Crippen molar-refractivity contribution in [2.75, 3.05) is 5.32 Å². The lowest BCUT2D eigenvalue weighted by Gasteiger charge is -2.10. The molecule has 0 radical (unpaired) electrons. The first kappa shape index (κ1) is 20.7. The third kappa shape index (κ3) is 3.70. The Balaban J connectivity index is 1.46. The molecule has 0 unspecified atom stereocenters. The fourth-order valence-electron chi connectivity index (χ4n) is 4.09. The highest BCUT2D eigenvalue weighted by Gasteiger charge is 2.19. The van der Waals surface area contributed by atoms with Crippen LogP contribution in [-0.2, 0) is 14.1 Å². The minimum atomic E-state index is 0.500. The third-order valence-corrected chi connectivity index (χ3v) is 5.87. The number of nitrogens with zero attached hydrogens (tertiary/aromatic N) is 9. The van der Waals surface area contributed by atoms with Gasteiger partial charge in [-0.15, -0.1) is 5.10 Å². The van der Waals surface area contributed by atoms with E-state index < -0.39 is 0 Å². The predicted octanol–water partition coefficient (Wildman–Crippen LogP) is 4.04. The van der Waals surface area contributed by atoms with E-state index in [0.717, 1.165) is 33.6 Å². The van der Waals surface area contributed by atoms with Crippen molar-refractivity contribution in [2.45, 2.75) is 6.92 Å². The monoisotopic (exact) mass is 462 g/mol. The van der Waals surface area contributed by atoms with Crippen LogP contribution >= 0.6 is 0 Å². The first-order chi connectivity index (χ1) is 17.1. The zero-order valence-electron chi connectivity index (χ0n) is 19.5. The average Bonchev–Trinajstić information content (AvgIpc) is 3.58. The van der Waals surface area contributed by atoms with Gasteiger partial charge < -0.3 is 9.88 Å². The van der Waals surface area contributed by atoms with E-state index in [1.54, 1.807) is 23.3 Å². The fraction of sp³-hybridized carbons (Fsp3) is 0.120. The maximum atomic E-state index is 4.85. The molecule has 0 spiro atoms. The standard InChI is InChI=1S/C25H22N10/c1-16-18(20-9-12-34(3)31-20)15-35-22(16)23(30-24(32-35)25-27-11-13-33(25)2)29-21-8-7-17(14-28-21)19-6-4-5-10-26-19/h4-15H,1-3H3,(H,28,29,30,32). The summed E-state index contributed by atoms with van der Waals surface area (Å²) in [4.78, 5) is 18.3. The van der Waals surface area contributed by atoms with Gasteiger partial charge in [0.15, 0.2) is 11.6 Å². The Kier molecular flexibility index (Phi) is 4.84. The van der Waals surface area contributed by atoms with Crippen LogP contribution in [0.25, 0.3) is 39.7 Å². The highest BCUT2D eigenvalue weighted by atomic mass is 15.3. The molecular weight excluding hydrogens is 440 g/mol. The van der Waals surface area contributed by atoms with Crippen molar-refractivity contribution in [1.82, 2.24) is 43.9 Å². The molecule has 0 saturated heterocycles. The molecular formula is C25H22N10. The quantitative estimate of drug-likeness (QED) is 0.412. The summed E-state index contributed by atoms with van der Waals surface area (Å²) < 4.78 is 5.51. The number of aryl methyl sites for hydroxylation is 3. The molecule has 6 heterocycles. The van der Waals surface area contributed by atoms with Gasteiger partial charge in [0.2, 0.25) is 5.82 Å². The Morgan fingerprint density at radius 2 is 1.77 bits per heavy atom. The number of hydrogen-bond acceptors (Lipinski definition) is 7. The Morgan fingerprint density at radius 3 is 2.46 bits per heavy atom. The topological polar surface area (TPSA) is 104 Å². The van der Waals surface area contributed by atoms with E-state index in [2.05, 4.69) is 25.4 Å². The molecule has 1 N–H and O–H groups in total. The van der Waals surface area contributed by atoms with E-state index in [-0.39, 0.29) is 0 Å². The van der Waals surface area contributed by atoms with Crippen molar-refractivity contribution >= 4 is 17.2 Å². The molecule has 172 valence electrons. The number of pyridine rings is 2. The molecule has 0 aliphatic rings. The maximum Gasteiger partial charge on any atom is 0.218 e. The number of nitrogens with one attached hydrogen (secondary N) is 1. The summed E-state index contributed by atoms with van der Waals surface area (Å²) in [6, 6.07) is 11.7. The summed E-state index contributed by atoms with van der Waals surface area (Å²) in [6.07, 6.45) is 11.1. The van der Waals surface area contributed by atoms with Crippen LogP contribution in [0, 0.1) is 6.92 Å². The molecule has 10 heteroatoms. The molecule has 6 rings (SSSR count). The van der Waals surface area contributed by atoms with Crippen molar-refractivity contribution in [1.29, 1.82) is 0 Å². The third-order valence-electron chi connectivity index (χ3n) is 5.87. The lowest BCUT2D eigenvalue weighted by Crippen LogP contribution is -2.06. The summed E-state index contributed by atoms with van der Waals surface area (Å²) >= 11 is 0. The fourth-order valence-corrected chi connectivity index (χ4v) is 4.09. The SMILES string of the molecule is Cc1c(-c2ccn(C)n2)cn2nc(-c3nccn3C)nc(Nc3ccc(-c4ccccn4)cn3)c12. The van der Waals surface area contributed by atoms with Gasteiger partial charge in [-0.25, -0.2) is 19.5 Å². The summed E-state index contributed by atoms with van der Waals surface area (Å²) in [5.41, 5.74) is 5.53. The van der Waals surface area contributed by atoms with E-state index in [1.165, 1.54) is 0 Å². The first-order valence-corrected chi connectivity index (χ1v) is 11.1. The molecule has 6 aromatic heterocycles. The van der Waals surface area contributed by atoms with Gasteiger partial charge in [0.25, 0.3) is 0 Å². The van der Waals surface area contributed by atoms with Gasteiger partial charge in [0.05, 0.1) is 11.4 Å². The molecule has 6 aromatic rings. The van der Waals surface area contributed by atoms with Crippen LogP contribution in [0.1, 0.15) is 5.56 Å². The zero-order chi connectivity index (χ0) is 23.9. The van der Waals surface area contributed by atoms with Crippen molar-refractivity contribution in [3.8, 4) is 34.2 Å². The predicted molar refractivity (Wildman–Crippen MR) is 133 cm³/mol. The maximum absolute atomic E-state index is 4.85. The largest absolute Gasteiger partial charge is 0.331 e. The van der Waals surface area contributed by atoms with Crippen LogP contribution in [0.4, 0.5) is 11.6 Å². The molecule has 0 aliphatic carbocycles. The number of fused-ring (bicyclic) bond motifs is 1. The average molecular weight is 463 g/mol. The Hall–Kier alpha value is -4.86. The van der Waals surface area contributed by atoms with Crippen molar-refractivity contribution < 1.29 is 0 Å².